The van der Waals surface area contributed by atoms with Gasteiger partial charge in [0.25, 0.3) is 0 Å². The Morgan fingerprint density at radius 1 is 0.879 bits per heavy atom. The van der Waals surface area contributed by atoms with E-state index in [0.29, 0.717) is 12.2 Å². The van der Waals surface area contributed by atoms with Gasteiger partial charge in [-0.05, 0) is 59.9 Å². The molecule has 0 fully saturated rings. The lowest BCUT2D eigenvalue weighted by atomic mass is 9.78. The summed E-state index contributed by atoms with van der Waals surface area (Å²) in [5.74, 6) is 2.51. The first-order valence-corrected chi connectivity index (χ1v) is 11.1. The molecule has 0 aromatic heterocycles. The van der Waals surface area contributed by atoms with Crippen LogP contribution in [-0.4, -0.2) is 19.7 Å². The van der Waals surface area contributed by atoms with Gasteiger partial charge in [0.15, 0.2) is 17.3 Å². The molecule has 2 aliphatic heterocycles. The highest BCUT2D eigenvalue weighted by Gasteiger charge is 2.36. The lowest BCUT2D eigenvalue weighted by Gasteiger charge is -2.30. The fourth-order valence-electron chi connectivity index (χ4n) is 4.95. The average Bonchev–Trinajstić information content (AvgIpc) is 3.24. The molecule has 0 bridgehead atoms. The maximum Gasteiger partial charge on any atom is 0.231 e. The van der Waals surface area contributed by atoms with Crippen molar-refractivity contribution in [3.63, 3.8) is 0 Å². The number of methoxy groups -OCH3 is 1. The number of allylic oxidation sites excluding steroid dienone is 1. The van der Waals surface area contributed by atoms with Crippen LogP contribution in [0.1, 0.15) is 35.9 Å². The Hall–Kier alpha value is -3.93. The lowest BCUT2D eigenvalue weighted by Crippen LogP contribution is -2.26. The molecule has 0 saturated heterocycles. The molecule has 3 aliphatic rings. The van der Waals surface area contributed by atoms with Crippen LogP contribution in [0, 0.1) is 0 Å². The number of Topliss-reactive ketones (excluding diaryl/α,β-unsaturated/α-hetero) is 1. The first-order chi connectivity index (χ1) is 16.2. The summed E-state index contributed by atoms with van der Waals surface area (Å²) in [4.78, 5) is 13.6. The van der Waals surface area contributed by atoms with Crippen molar-refractivity contribution < 1.29 is 19.0 Å². The van der Waals surface area contributed by atoms with Crippen molar-refractivity contribution in [3.8, 4) is 17.2 Å². The number of para-hydroxylation sites is 2. The maximum atomic E-state index is 13.6. The zero-order valence-electron chi connectivity index (χ0n) is 18.3. The highest BCUT2D eigenvalue weighted by atomic mass is 16.7. The molecular weight excluding hydrogens is 416 g/mol. The van der Waals surface area contributed by atoms with Gasteiger partial charge >= 0.3 is 0 Å². The number of benzene rings is 3. The number of carbonyl (C=O) groups is 1. The van der Waals surface area contributed by atoms with Crippen molar-refractivity contribution in [2.45, 2.75) is 24.8 Å². The van der Waals surface area contributed by atoms with Gasteiger partial charge in [0, 0.05) is 17.7 Å². The van der Waals surface area contributed by atoms with Gasteiger partial charge in [0.2, 0.25) is 6.79 Å². The monoisotopic (exact) mass is 440 g/mol. The number of anilines is 2. The fourth-order valence-corrected chi connectivity index (χ4v) is 4.95. The van der Waals surface area contributed by atoms with E-state index in [0.717, 1.165) is 51.7 Å². The highest BCUT2D eigenvalue weighted by Crippen LogP contribution is 2.45. The minimum atomic E-state index is -0.282. The molecule has 0 amide bonds. The van der Waals surface area contributed by atoms with E-state index in [1.165, 1.54) is 0 Å². The summed E-state index contributed by atoms with van der Waals surface area (Å²) in [6.45, 7) is 0.220. The van der Waals surface area contributed by atoms with Crippen LogP contribution in [0.2, 0.25) is 0 Å². The van der Waals surface area contributed by atoms with Crippen molar-refractivity contribution in [1.29, 1.82) is 0 Å². The summed E-state index contributed by atoms with van der Waals surface area (Å²) in [5, 5.41) is 7.19. The molecule has 6 rings (SSSR count). The summed E-state index contributed by atoms with van der Waals surface area (Å²) in [6, 6.07) is 21.7. The molecule has 2 unspecified atom stereocenters. The second-order valence-electron chi connectivity index (χ2n) is 8.55. The second-order valence-corrected chi connectivity index (χ2v) is 8.55. The molecule has 33 heavy (non-hydrogen) atoms. The van der Waals surface area contributed by atoms with Crippen LogP contribution in [0.25, 0.3) is 0 Å². The van der Waals surface area contributed by atoms with E-state index in [1.807, 2.05) is 54.6 Å². The third kappa shape index (κ3) is 3.48. The van der Waals surface area contributed by atoms with Crippen LogP contribution in [0.5, 0.6) is 17.2 Å². The van der Waals surface area contributed by atoms with Gasteiger partial charge in [-0.15, -0.1) is 0 Å². The number of ketones is 1. The van der Waals surface area contributed by atoms with Gasteiger partial charge in [0.1, 0.15) is 5.75 Å². The van der Waals surface area contributed by atoms with Gasteiger partial charge < -0.3 is 24.8 Å². The standard InChI is InChI=1S/C27H24N2O4/c1-31-19-9-6-16(7-10-19)18-12-22-26(23(30)13-18)27(29-21-5-3-2-4-20(21)28-22)17-8-11-24-25(14-17)33-15-32-24/h2-11,14,18,27-29H,12-13,15H2,1H3. The molecule has 6 heteroatoms. The smallest absolute Gasteiger partial charge is 0.231 e. The third-order valence-electron chi connectivity index (χ3n) is 6.63. The molecule has 2 N–H and O–H groups in total. The second kappa shape index (κ2) is 7.89. The Kier molecular flexibility index (Phi) is 4.72. The SMILES string of the molecule is COc1ccc(C2CC(=O)C3=C(C2)Nc2ccccc2NC3c2ccc3c(c2)OCO3)cc1. The number of hydrogen-bond acceptors (Lipinski definition) is 6. The van der Waals surface area contributed by atoms with Crippen LogP contribution < -0.4 is 24.8 Å². The van der Waals surface area contributed by atoms with E-state index in [9.17, 15) is 4.79 Å². The van der Waals surface area contributed by atoms with Crippen LogP contribution >= 0.6 is 0 Å². The van der Waals surface area contributed by atoms with Crippen LogP contribution in [-0.2, 0) is 4.79 Å². The molecule has 6 nitrogen and oxygen atoms in total. The van der Waals surface area contributed by atoms with E-state index >= 15 is 0 Å². The summed E-state index contributed by atoms with van der Waals surface area (Å²) in [5.41, 5.74) is 5.80. The molecular formula is C27H24N2O4. The van der Waals surface area contributed by atoms with Crippen LogP contribution in [0.15, 0.2) is 78.0 Å². The van der Waals surface area contributed by atoms with Crippen molar-refractivity contribution in [3.05, 3.63) is 89.1 Å². The van der Waals surface area contributed by atoms with E-state index in [1.54, 1.807) is 7.11 Å². The zero-order chi connectivity index (χ0) is 22.4. The molecule has 0 saturated carbocycles. The lowest BCUT2D eigenvalue weighted by molar-refractivity contribution is -0.116. The van der Waals surface area contributed by atoms with Gasteiger partial charge in [-0.25, -0.2) is 0 Å². The molecule has 3 aromatic carbocycles. The van der Waals surface area contributed by atoms with E-state index in [2.05, 4.69) is 22.8 Å². The fraction of sp³-hybridized carbons (Fsp3) is 0.222. The molecule has 0 spiro atoms. The molecule has 2 heterocycles. The first kappa shape index (κ1) is 19.7. The average molecular weight is 440 g/mol. The normalized spacial score (nSPS) is 20.8. The number of hydrogen-bond donors (Lipinski definition) is 2. The minimum absolute atomic E-state index is 0.109. The maximum absolute atomic E-state index is 13.6. The summed E-state index contributed by atoms with van der Waals surface area (Å²) in [7, 11) is 1.66. The van der Waals surface area contributed by atoms with E-state index in [-0.39, 0.29) is 24.5 Å². The molecule has 1 aliphatic carbocycles. The topological polar surface area (TPSA) is 68.8 Å². The quantitative estimate of drug-likeness (QED) is 0.568. The van der Waals surface area contributed by atoms with Crippen LogP contribution in [0.3, 0.4) is 0 Å². The Morgan fingerprint density at radius 2 is 1.64 bits per heavy atom. The Morgan fingerprint density at radius 3 is 2.45 bits per heavy atom. The summed E-state index contributed by atoms with van der Waals surface area (Å²) >= 11 is 0. The van der Waals surface area contributed by atoms with Crippen molar-refractivity contribution in [1.82, 2.24) is 0 Å². The number of carbonyl (C=O) groups excluding carboxylic acids is 1. The van der Waals surface area contributed by atoms with E-state index in [4.69, 9.17) is 14.2 Å². The number of nitrogens with one attached hydrogen (secondary N) is 2. The Labute approximate surface area is 192 Å². The Balaban J connectivity index is 1.42. The van der Waals surface area contributed by atoms with Crippen molar-refractivity contribution in [2.75, 3.05) is 24.5 Å². The van der Waals surface area contributed by atoms with Crippen LogP contribution in [0.4, 0.5) is 11.4 Å². The van der Waals surface area contributed by atoms with Gasteiger partial charge in [0.05, 0.1) is 24.5 Å². The summed E-state index contributed by atoms with van der Waals surface area (Å²) in [6.07, 6.45) is 1.22. The molecule has 2 atom stereocenters. The van der Waals surface area contributed by atoms with E-state index < -0.39 is 0 Å². The number of rotatable bonds is 3. The zero-order valence-corrected chi connectivity index (χ0v) is 18.3. The van der Waals surface area contributed by atoms with Crippen molar-refractivity contribution in [2.24, 2.45) is 0 Å². The predicted molar refractivity (Wildman–Crippen MR) is 126 cm³/mol. The largest absolute Gasteiger partial charge is 0.497 e. The molecule has 0 radical (unpaired) electrons. The minimum Gasteiger partial charge on any atom is -0.497 e. The predicted octanol–water partition coefficient (Wildman–Crippen LogP) is 5.40. The van der Waals surface area contributed by atoms with Crippen molar-refractivity contribution >= 4 is 17.2 Å². The number of ether oxygens (including phenoxy) is 3. The Bertz CT molecular complexity index is 1270. The highest BCUT2D eigenvalue weighted by molar-refractivity contribution is 6.01. The van der Waals surface area contributed by atoms with Gasteiger partial charge in [-0.3, -0.25) is 4.79 Å². The number of fused-ring (bicyclic) bond motifs is 2. The molecule has 3 aromatic rings. The third-order valence-corrected chi connectivity index (χ3v) is 6.63. The van der Waals surface area contributed by atoms with Gasteiger partial charge in [-0.1, -0.05) is 30.3 Å². The molecule has 166 valence electrons. The van der Waals surface area contributed by atoms with Gasteiger partial charge in [-0.2, -0.15) is 0 Å². The summed E-state index contributed by atoms with van der Waals surface area (Å²) < 4.78 is 16.4. The first-order valence-electron chi connectivity index (χ1n) is 11.1.